The van der Waals surface area contributed by atoms with Crippen molar-refractivity contribution in [3.63, 3.8) is 0 Å². The maximum Gasteiger partial charge on any atom is 0.236 e. The number of nitrogens with two attached hydrogens (primary N) is 1. The molecule has 0 bridgehead atoms. The van der Waals surface area contributed by atoms with Crippen LogP contribution in [0, 0.1) is 5.41 Å². The summed E-state index contributed by atoms with van der Waals surface area (Å²) in [4.78, 5) is 6.48. The fourth-order valence-corrected chi connectivity index (χ4v) is 2.65. The molecule has 0 amide bonds. The second-order valence-corrected chi connectivity index (χ2v) is 4.95. The highest BCUT2D eigenvalue weighted by molar-refractivity contribution is 5.60. The molecule has 2 N–H and O–H groups in total. The number of methoxy groups -OCH3 is 1. The topological polar surface area (TPSA) is 60.6 Å². The van der Waals surface area contributed by atoms with Gasteiger partial charge in [-0.2, -0.15) is 0 Å². The van der Waals surface area contributed by atoms with E-state index >= 15 is 0 Å². The molecule has 0 saturated carbocycles. The summed E-state index contributed by atoms with van der Waals surface area (Å²) in [5.74, 6) is 0.494. The van der Waals surface area contributed by atoms with Gasteiger partial charge >= 0.3 is 0 Å². The van der Waals surface area contributed by atoms with Crippen LogP contribution in [-0.2, 0) is 4.74 Å². The van der Waals surface area contributed by atoms with Crippen LogP contribution in [0.25, 0.3) is 0 Å². The number of ether oxygens (including phenoxy) is 2. The van der Waals surface area contributed by atoms with Gasteiger partial charge in [0.1, 0.15) is 0 Å². The third kappa shape index (κ3) is 1.70. The fourth-order valence-electron chi connectivity index (χ4n) is 2.65. The van der Waals surface area contributed by atoms with Crippen LogP contribution in [0.15, 0.2) is 12.3 Å². The molecule has 2 saturated heterocycles. The van der Waals surface area contributed by atoms with E-state index in [0.717, 1.165) is 32.0 Å². The van der Waals surface area contributed by atoms with Crippen LogP contribution < -0.4 is 15.4 Å². The summed E-state index contributed by atoms with van der Waals surface area (Å²) in [6, 6.07) is 1.93. The standard InChI is InChI=1S/C12H17N3O2/c1-16-11-10(13)4-9(5-14-11)15-6-12(7-15)2-3-17-8-12/h4-5H,2-3,6-8,13H2,1H3. The smallest absolute Gasteiger partial charge is 0.236 e. The summed E-state index contributed by atoms with van der Waals surface area (Å²) in [7, 11) is 1.58. The van der Waals surface area contributed by atoms with Crippen molar-refractivity contribution in [3.8, 4) is 5.88 Å². The average molecular weight is 235 g/mol. The molecule has 1 spiro atoms. The molecule has 0 unspecified atom stereocenters. The molecular weight excluding hydrogens is 218 g/mol. The van der Waals surface area contributed by atoms with Crippen LogP contribution in [-0.4, -0.2) is 38.4 Å². The maximum atomic E-state index is 5.85. The number of nitrogens with zero attached hydrogens (tertiary/aromatic N) is 2. The first-order valence-electron chi connectivity index (χ1n) is 5.85. The van der Waals surface area contributed by atoms with E-state index in [0.29, 0.717) is 17.0 Å². The molecule has 0 atom stereocenters. The Morgan fingerprint density at radius 2 is 2.35 bits per heavy atom. The van der Waals surface area contributed by atoms with Crippen molar-refractivity contribution in [3.05, 3.63) is 12.3 Å². The van der Waals surface area contributed by atoms with Crippen LogP contribution in [0.1, 0.15) is 6.42 Å². The number of hydrogen-bond acceptors (Lipinski definition) is 5. The maximum absolute atomic E-state index is 5.85. The van der Waals surface area contributed by atoms with Gasteiger partial charge < -0.3 is 20.1 Å². The first kappa shape index (κ1) is 10.7. The number of hydrogen-bond donors (Lipinski definition) is 1. The lowest BCUT2D eigenvalue weighted by atomic mass is 9.79. The van der Waals surface area contributed by atoms with Crippen molar-refractivity contribution in [1.29, 1.82) is 0 Å². The van der Waals surface area contributed by atoms with Gasteiger partial charge in [-0.1, -0.05) is 0 Å². The van der Waals surface area contributed by atoms with Crippen LogP contribution >= 0.6 is 0 Å². The summed E-state index contributed by atoms with van der Waals surface area (Å²) >= 11 is 0. The van der Waals surface area contributed by atoms with Gasteiger partial charge in [0.05, 0.1) is 31.3 Å². The van der Waals surface area contributed by atoms with Gasteiger partial charge in [-0.15, -0.1) is 0 Å². The minimum atomic E-state index is 0.384. The lowest BCUT2D eigenvalue weighted by Gasteiger charge is -2.48. The normalized spacial score (nSPS) is 21.6. The molecular formula is C12H17N3O2. The molecule has 1 aromatic heterocycles. The predicted octanol–water partition coefficient (Wildman–Crippen LogP) is 0.899. The Kier molecular flexibility index (Phi) is 2.36. The molecule has 2 aliphatic rings. The molecule has 2 fully saturated rings. The minimum absolute atomic E-state index is 0.384. The molecule has 1 aromatic rings. The fraction of sp³-hybridized carbons (Fsp3) is 0.583. The highest BCUT2D eigenvalue weighted by Gasteiger charge is 2.45. The van der Waals surface area contributed by atoms with Crippen molar-refractivity contribution in [2.75, 3.05) is 44.0 Å². The number of aromatic nitrogens is 1. The van der Waals surface area contributed by atoms with Crippen molar-refractivity contribution in [2.24, 2.45) is 5.41 Å². The lowest BCUT2D eigenvalue weighted by molar-refractivity contribution is 0.131. The number of nitrogen functional groups attached to an aromatic ring is 1. The first-order valence-corrected chi connectivity index (χ1v) is 5.85. The summed E-state index contributed by atoms with van der Waals surface area (Å²) < 4.78 is 10.5. The van der Waals surface area contributed by atoms with E-state index in [4.69, 9.17) is 15.2 Å². The van der Waals surface area contributed by atoms with Crippen molar-refractivity contribution < 1.29 is 9.47 Å². The highest BCUT2D eigenvalue weighted by Crippen LogP contribution is 2.41. The second kappa shape index (κ2) is 3.77. The van der Waals surface area contributed by atoms with Crippen molar-refractivity contribution in [2.45, 2.75) is 6.42 Å². The highest BCUT2D eigenvalue weighted by atomic mass is 16.5. The van der Waals surface area contributed by atoms with Gasteiger partial charge in [-0.3, -0.25) is 0 Å². The van der Waals surface area contributed by atoms with E-state index in [2.05, 4.69) is 9.88 Å². The third-order valence-electron chi connectivity index (χ3n) is 3.66. The van der Waals surface area contributed by atoms with Gasteiger partial charge in [0, 0.05) is 25.1 Å². The molecule has 92 valence electrons. The average Bonchev–Trinajstić information content (AvgIpc) is 2.76. The number of rotatable bonds is 2. The Labute approximate surface area is 101 Å². The van der Waals surface area contributed by atoms with E-state index in [1.165, 1.54) is 6.42 Å². The number of pyridine rings is 1. The van der Waals surface area contributed by atoms with E-state index in [-0.39, 0.29) is 0 Å². The van der Waals surface area contributed by atoms with Crippen molar-refractivity contribution in [1.82, 2.24) is 4.98 Å². The molecule has 17 heavy (non-hydrogen) atoms. The molecule has 3 rings (SSSR count). The molecule has 3 heterocycles. The Balaban J connectivity index is 1.72. The van der Waals surface area contributed by atoms with Crippen LogP contribution in [0.2, 0.25) is 0 Å². The van der Waals surface area contributed by atoms with E-state index < -0.39 is 0 Å². The largest absolute Gasteiger partial charge is 0.480 e. The van der Waals surface area contributed by atoms with Gasteiger partial charge in [0.25, 0.3) is 0 Å². The Morgan fingerprint density at radius 1 is 1.53 bits per heavy atom. The van der Waals surface area contributed by atoms with Gasteiger partial charge in [-0.25, -0.2) is 4.98 Å². The third-order valence-corrected chi connectivity index (χ3v) is 3.66. The van der Waals surface area contributed by atoms with Gasteiger partial charge in [0.15, 0.2) is 0 Å². The molecule has 0 aromatic carbocycles. The second-order valence-electron chi connectivity index (χ2n) is 4.95. The molecule has 5 heteroatoms. The molecule has 0 radical (unpaired) electrons. The predicted molar refractivity (Wildman–Crippen MR) is 65.3 cm³/mol. The SMILES string of the molecule is COc1ncc(N2CC3(CCOC3)C2)cc1N. The van der Waals surface area contributed by atoms with E-state index in [1.807, 2.05) is 12.3 Å². The van der Waals surface area contributed by atoms with Crippen LogP contribution in [0.3, 0.4) is 0 Å². The van der Waals surface area contributed by atoms with E-state index in [9.17, 15) is 0 Å². The van der Waals surface area contributed by atoms with Crippen molar-refractivity contribution >= 4 is 11.4 Å². The zero-order chi connectivity index (χ0) is 11.9. The van der Waals surface area contributed by atoms with Gasteiger partial charge in [0.2, 0.25) is 5.88 Å². The lowest BCUT2D eigenvalue weighted by Crippen LogP contribution is -2.57. The summed E-state index contributed by atoms with van der Waals surface area (Å²) in [6.07, 6.45) is 2.99. The van der Waals surface area contributed by atoms with E-state index in [1.54, 1.807) is 7.11 Å². The summed E-state index contributed by atoms with van der Waals surface area (Å²) in [6.45, 7) is 3.88. The van der Waals surface area contributed by atoms with Gasteiger partial charge in [-0.05, 0) is 12.5 Å². The molecule has 0 aliphatic carbocycles. The van der Waals surface area contributed by atoms with Crippen LogP contribution in [0.5, 0.6) is 5.88 Å². The number of anilines is 2. The summed E-state index contributed by atoms with van der Waals surface area (Å²) in [5.41, 5.74) is 7.90. The molecule has 5 nitrogen and oxygen atoms in total. The first-order chi connectivity index (χ1) is 8.22. The zero-order valence-electron chi connectivity index (χ0n) is 9.98. The Bertz CT molecular complexity index is 422. The Morgan fingerprint density at radius 3 is 2.94 bits per heavy atom. The quantitative estimate of drug-likeness (QED) is 0.825. The Hall–Kier alpha value is -1.49. The zero-order valence-corrected chi connectivity index (χ0v) is 9.98. The monoisotopic (exact) mass is 235 g/mol. The molecule has 2 aliphatic heterocycles. The van der Waals surface area contributed by atoms with Crippen LogP contribution in [0.4, 0.5) is 11.4 Å². The summed E-state index contributed by atoms with van der Waals surface area (Å²) in [5, 5.41) is 0. The minimum Gasteiger partial charge on any atom is -0.480 e.